The summed E-state index contributed by atoms with van der Waals surface area (Å²) in [6, 6.07) is 14.0. The van der Waals surface area contributed by atoms with E-state index < -0.39 is 0 Å². The van der Waals surface area contributed by atoms with Crippen LogP contribution in [0.3, 0.4) is 0 Å². The summed E-state index contributed by atoms with van der Waals surface area (Å²) in [6.07, 6.45) is 6.60. The molecule has 1 aliphatic carbocycles. The van der Waals surface area contributed by atoms with E-state index >= 15 is 0 Å². The monoisotopic (exact) mass is 399 g/mol. The number of rotatable bonds is 3. The minimum Gasteiger partial charge on any atom is -0.320 e. The number of aromatic nitrogens is 1. The summed E-state index contributed by atoms with van der Waals surface area (Å²) in [4.78, 5) is 44.4. The van der Waals surface area contributed by atoms with Gasteiger partial charge in [0.2, 0.25) is 0 Å². The highest BCUT2D eigenvalue weighted by Crippen LogP contribution is 2.31. The lowest BCUT2D eigenvalue weighted by atomic mass is 9.94. The topological polar surface area (TPSA) is 79.4 Å². The number of para-hydroxylation sites is 1. The molecule has 0 bridgehead atoms. The Hall–Kier alpha value is -3.54. The third-order valence-electron chi connectivity index (χ3n) is 6.00. The molecule has 6 nitrogen and oxygen atoms in total. The number of hydrogen-bond donors (Lipinski definition) is 1. The average molecular weight is 399 g/mol. The first-order valence-electron chi connectivity index (χ1n) is 10.3. The quantitative estimate of drug-likeness (QED) is 0.662. The van der Waals surface area contributed by atoms with Crippen LogP contribution >= 0.6 is 0 Å². The van der Waals surface area contributed by atoms with Gasteiger partial charge < -0.3 is 5.32 Å². The SMILES string of the molecule is O=C(Nc1cccc2cccnc12)c1ccc2c(c1)C(=O)N(C1CCCCC1)C2=O. The van der Waals surface area contributed by atoms with Gasteiger partial charge in [-0.3, -0.25) is 24.3 Å². The highest BCUT2D eigenvalue weighted by molar-refractivity contribution is 6.22. The van der Waals surface area contributed by atoms with E-state index in [4.69, 9.17) is 0 Å². The molecule has 0 spiro atoms. The van der Waals surface area contributed by atoms with Gasteiger partial charge in [-0.15, -0.1) is 0 Å². The number of fused-ring (bicyclic) bond motifs is 2. The molecule has 6 heteroatoms. The van der Waals surface area contributed by atoms with E-state index in [-0.39, 0.29) is 23.8 Å². The van der Waals surface area contributed by atoms with Crippen LogP contribution in [0.4, 0.5) is 5.69 Å². The molecule has 3 amide bonds. The molecule has 1 fully saturated rings. The minimum atomic E-state index is -0.340. The molecule has 150 valence electrons. The molecular weight excluding hydrogens is 378 g/mol. The van der Waals surface area contributed by atoms with Crippen molar-refractivity contribution in [2.45, 2.75) is 38.1 Å². The normalized spacial score (nSPS) is 16.7. The number of carbonyl (C=O) groups is 3. The summed E-state index contributed by atoms with van der Waals surface area (Å²) in [5, 5.41) is 3.81. The van der Waals surface area contributed by atoms with Gasteiger partial charge in [-0.1, -0.05) is 37.5 Å². The predicted molar refractivity (Wildman–Crippen MR) is 114 cm³/mol. The van der Waals surface area contributed by atoms with Crippen molar-refractivity contribution in [1.82, 2.24) is 9.88 Å². The Bertz CT molecular complexity index is 1180. The fourth-order valence-electron chi connectivity index (χ4n) is 4.47. The molecule has 3 aromatic rings. The van der Waals surface area contributed by atoms with Gasteiger partial charge in [-0.25, -0.2) is 0 Å². The van der Waals surface area contributed by atoms with Crippen LogP contribution < -0.4 is 5.32 Å². The molecular formula is C24H21N3O3. The maximum Gasteiger partial charge on any atom is 0.261 e. The van der Waals surface area contributed by atoms with E-state index in [0.717, 1.165) is 37.5 Å². The number of benzene rings is 2. The smallest absolute Gasteiger partial charge is 0.261 e. The Balaban J connectivity index is 1.42. The molecule has 1 aromatic heterocycles. The molecule has 1 aliphatic heterocycles. The maximum absolute atomic E-state index is 13.0. The Morgan fingerprint density at radius 2 is 1.70 bits per heavy atom. The number of hydrogen-bond acceptors (Lipinski definition) is 4. The van der Waals surface area contributed by atoms with E-state index in [1.165, 1.54) is 11.0 Å². The number of nitrogens with zero attached hydrogens (tertiary/aromatic N) is 2. The fourth-order valence-corrected chi connectivity index (χ4v) is 4.47. The third-order valence-corrected chi connectivity index (χ3v) is 6.00. The van der Waals surface area contributed by atoms with E-state index in [1.807, 2.05) is 24.3 Å². The van der Waals surface area contributed by atoms with Crippen molar-refractivity contribution >= 4 is 34.3 Å². The highest BCUT2D eigenvalue weighted by Gasteiger charge is 2.40. The van der Waals surface area contributed by atoms with Gasteiger partial charge >= 0.3 is 0 Å². The second kappa shape index (κ2) is 7.37. The lowest BCUT2D eigenvalue weighted by Gasteiger charge is -2.29. The number of nitrogens with one attached hydrogen (secondary N) is 1. The molecule has 0 saturated heterocycles. The third kappa shape index (κ3) is 3.05. The van der Waals surface area contributed by atoms with Gasteiger partial charge in [-0.2, -0.15) is 0 Å². The van der Waals surface area contributed by atoms with Gasteiger partial charge in [0.15, 0.2) is 0 Å². The van der Waals surface area contributed by atoms with E-state index in [9.17, 15) is 14.4 Å². The Morgan fingerprint density at radius 1 is 0.933 bits per heavy atom. The zero-order chi connectivity index (χ0) is 20.7. The van der Waals surface area contributed by atoms with Crippen molar-refractivity contribution in [1.29, 1.82) is 0 Å². The molecule has 1 saturated carbocycles. The van der Waals surface area contributed by atoms with Crippen LogP contribution in [-0.4, -0.2) is 33.6 Å². The Kier molecular flexibility index (Phi) is 4.54. The predicted octanol–water partition coefficient (Wildman–Crippen LogP) is 4.42. The first-order valence-corrected chi connectivity index (χ1v) is 10.3. The molecule has 0 unspecified atom stereocenters. The van der Waals surface area contributed by atoms with Crippen LogP contribution in [0.5, 0.6) is 0 Å². The zero-order valence-electron chi connectivity index (χ0n) is 16.4. The van der Waals surface area contributed by atoms with Crippen molar-refractivity contribution in [2.75, 3.05) is 5.32 Å². The minimum absolute atomic E-state index is 0.0369. The molecule has 2 aliphatic rings. The van der Waals surface area contributed by atoms with Crippen molar-refractivity contribution in [3.8, 4) is 0 Å². The van der Waals surface area contributed by atoms with Crippen molar-refractivity contribution in [3.63, 3.8) is 0 Å². The lowest BCUT2D eigenvalue weighted by Crippen LogP contribution is -2.40. The van der Waals surface area contributed by atoms with Crippen molar-refractivity contribution in [3.05, 3.63) is 71.4 Å². The van der Waals surface area contributed by atoms with Crippen LogP contribution in [0.2, 0.25) is 0 Å². The summed E-state index contributed by atoms with van der Waals surface area (Å²) in [5.41, 5.74) is 2.34. The summed E-state index contributed by atoms with van der Waals surface area (Å²) in [7, 11) is 0. The second-order valence-electron chi connectivity index (χ2n) is 7.87. The average Bonchev–Trinajstić information content (AvgIpc) is 3.04. The van der Waals surface area contributed by atoms with Crippen LogP contribution in [0.1, 0.15) is 63.2 Å². The number of imide groups is 1. The molecule has 30 heavy (non-hydrogen) atoms. The van der Waals surface area contributed by atoms with Crippen LogP contribution in [0.25, 0.3) is 10.9 Å². The summed E-state index contributed by atoms with van der Waals surface area (Å²) in [5.74, 6) is -0.872. The Morgan fingerprint density at radius 3 is 2.53 bits per heavy atom. The second-order valence-corrected chi connectivity index (χ2v) is 7.87. The van der Waals surface area contributed by atoms with Gasteiger partial charge in [0.05, 0.1) is 22.3 Å². The molecule has 2 aromatic carbocycles. The maximum atomic E-state index is 13.0. The van der Waals surface area contributed by atoms with E-state index in [0.29, 0.717) is 27.9 Å². The molecule has 5 rings (SSSR count). The first-order chi connectivity index (χ1) is 14.6. The summed E-state index contributed by atoms with van der Waals surface area (Å²) < 4.78 is 0. The van der Waals surface area contributed by atoms with Crippen LogP contribution in [-0.2, 0) is 0 Å². The number of carbonyl (C=O) groups excluding carboxylic acids is 3. The fraction of sp³-hybridized carbons (Fsp3) is 0.250. The number of amides is 3. The van der Waals surface area contributed by atoms with E-state index in [2.05, 4.69) is 10.3 Å². The highest BCUT2D eigenvalue weighted by atomic mass is 16.2. The molecule has 0 atom stereocenters. The van der Waals surface area contributed by atoms with Crippen molar-refractivity contribution in [2.24, 2.45) is 0 Å². The Labute approximate surface area is 173 Å². The molecule has 1 N–H and O–H groups in total. The summed E-state index contributed by atoms with van der Waals surface area (Å²) in [6.45, 7) is 0. The zero-order valence-corrected chi connectivity index (χ0v) is 16.4. The summed E-state index contributed by atoms with van der Waals surface area (Å²) >= 11 is 0. The number of anilines is 1. The van der Waals surface area contributed by atoms with Gasteiger partial charge in [0, 0.05) is 23.2 Å². The van der Waals surface area contributed by atoms with E-state index in [1.54, 1.807) is 24.4 Å². The van der Waals surface area contributed by atoms with Gasteiger partial charge in [0.1, 0.15) is 0 Å². The van der Waals surface area contributed by atoms with Crippen LogP contribution in [0.15, 0.2) is 54.7 Å². The van der Waals surface area contributed by atoms with Gasteiger partial charge in [0.25, 0.3) is 17.7 Å². The number of pyridine rings is 1. The van der Waals surface area contributed by atoms with Crippen LogP contribution in [0, 0.1) is 0 Å². The molecule has 0 radical (unpaired) electrons. The molecule has 2 heterocycles. The standard InChI is InChI=1S/C24H21N3O3/c28-22(26-20-10-4-6-15-7-5-13-25-21(15)20)16-11-12-18-19(14-16)24(30)27(23(18)29)17-8-2-1-3-9-17/h4-7,10-14,17H,1-3,8-9H2,(H,26,28). The largest absolute Gasteiger partial charge is 0.320 e. The van der Waals surface area contributed by atoms with Gasteiger partial charge in [-0.05, 0) is 43.2 Å². The lowest BCUT2D eigenvalue weighted by molar-refractivity contribution is 0.0549. The first kappa shape index (κ1) is 18.5. The van der Waals surface area contributed by atoms with Crippen molar-refractivity contribution < 1.29 is 14.4 Å².